The molecule has 7 nitrogen and oxygen atoms in total. The number of amides is 2. The molecule has 5 rings (SSSR count). The molecular formula is C27H26ClF3N2O5. The number of carbonyl (C=O) groups is 3. The molecule has 3 unspecified atom stereocenters. The van der Waals surface area contributed by atoms with Crippen molar-refractivity contribution in [3.63, 3.8) is 0 Å². The zero-order chi connectivity index (χ0) is 27.1. The van der Waals surface area contributed by atoms with E-state index in [-0.39, 0.29) is 41.3 Å². The fourth-order valence-electron chi connectivity index (χ4n) is 5.78. The molecular weight excluding hydrogens is 525 g/mol. The van der Waals surface area contributed by atoms with Gasteiger partial charge in [0.15, 0.2) is 0 Å². The molecule has 2 amide bonds. The minimum Gasteiger partial charge on any atom is -0.481 e. The van der Waals surface area contributed by atoms with Crippen LogP contribution in [0.4, 0.5) is 23.7 Å². The van der Waals surface area contributed by atoms with Crippen LogP contribution in [0.1, 0.15) is 62.1 Å². The number of carbonyl (C=O) groups excluding carboxylic acids is 2. The van der Waals surface area contributed by atoms with Gasteiger partial charge in [-0.1, -0.05) is 18.0 Å². The van der Waals surface area contributed by atoms with Crippen molar-refractivity contribution in [1.82, 2.24) is 4.90 Å². The molecule has 0 bridgehead atoms. The Bertz CT molecular complexity index is 1290. The van der Waals surface area contributed by atoms with Crippen molar-refractivity contribution in [2.75, 3.05) is 4.90 Å². The van der Waals surface area contributed by atoms with E-state index in [1.165, 1.54) is 23.1 Å². The Morgan fingerprint density at radius 2 is 1.79 bits per heavy atom. The first-order chi connectivity index (χ1) is 18.2. The first kappa shape index (κ1) is 26.3. The van der Waals surface area contributed by atoms with Crippen molar-refractivity contribution < 1.29 is 37.4 Å². The number of carboxylic acid groups (broad SMARTS) is 1. The maximum atomic E-state index is 14.8. The van der Waals surface area contributed by atoms with Gasteiger partial charge < -0.3 is 14.7 Å². The molecule has 2 aromatic carbocycles. The van der Waals surface area contributed by atoms with Crippen molar-refractivity contribution >= 4 is 35.3 Å². The third-order valence-electron chi connectivity index (χ3n) is 7.56. The number of anilines is 1. The average Bonchev–Trinajstić information content (AvgIpc) is 3.58. The van der Waals surface area contributed by atoms with E-state index in [9.17, 15) is 27.6 Å². The molecule has 2 fully saturated rings. The smallest absolute Gasteiger partial charge is 0.414 e. The molecule has 0 saturated heterocycles. The quantitative estimate of drug-likeness (QED) is 0.458. The van der Waals surface area contributed by atoms with E-state index in [0.717, 1.165) is 25.3 Å². The second-order valence-electron chi connectivity index (χ2n) is 10.0. The fraction of sp³-hybridized carbons (Fsp3) is 0.444. The number of fused-ring (bicyclic) bond motifs is 2. The highest BCUT2D eigenvalue weighted by Gasteiger charge is 2.52. The van der Waals surface area contributed by atoms with Gasteiger partial charge in [0.1, 0.15) is 24.1 Å². The lowest BCUT2D eigenvalue weighted by atomic mass is 9.81. The molecule has 202 valence electrons. The van der Waals surface area contributed by atoms with Crippen molar-refractivity contribution in [3.8, 4) is 0 Å². The van der Waals surface area contributed by atoms with Gasteiger partial charge in [-0.05, 0) is 49.9 Å². The zero-order valence-electron chi connectivity index (χ0n) is 20.3. The molecule has 3 aliphatic rings. The van der Waals surface area contributed by atoms with Crippen LogP contribution in [0, 0.1) is 23.4 Å². The third kappa shape index (κ3) is 5.06. The highest BCUT2D eigenvalue weighted by molar-refractivity contribution is 6.31. The Labute approximate surface area is 222 Å². The van der Waals surface area contributed by atoms with Gasteiger partial charge in [-0.3, -0.25) is 14.5 Å². The summed E-state index contributed by atoms with van der Waals surface area (Å²) in [6.07, 6.45) is 2.23. The number of hydrogen-bond acceptors (Lipinski definition) is 4. The van der Waals surface area contributed by atoms with Crippen LogP contribution in [0.15, 0.2) is 30.3 Å². The van der Waals surface area contributed by atoms with Crippen LogP contribution >= 0.6 is 11.6 Å². The van der Waals surface area contributed by atoms with Gasteiger partial charge in [0.05, 0.1) is 23.2 Å². The Hall–Kier alpha value is -3.27. The molecule has 2 aliphatic carbocycles. The SMILES string of the molecule is O=C(O)CCC(=O)N(C1CC1)C1c2cc(F)c(Cl)cc2N(C(=O)OCc2ccc(F)cc2F)C2CCCC21. The molecule has 0 spiro atoms. The monoisotopic (exact) mass is 550 g/mol. The minimum atomic E-state index is -1.08. The van der Waals surface area contributed by atoms with E-state index in [4.69, 9.17) is 21.4 Å². The number of nitrogens with zero attached hydrogens (tertiary/aromatic N) is 2. The van der Waals surface area contributed by atoms with Gasteiger partial charge in [0.25, 0.3) is 0 Å². The molecule has 0 aromatic heterocycles. The van der Waals surface area contributed by atoms with E-state index >= 15 is 0 Å². The zero-order valence-corrected chi connectivity index (χ0v) is 21.1. The first-order valence-electron chi connectivity index (χ1n) is 12.6. The van der Waals surface area contributed by atoms with Crippen LogP contribution in [0.25, 0.3) is 0 Å². The number of carboxylic acids is 1. The predicted molar refractivity (Wildman–Crippen MR) is 131 cm³/mol. The van der Waals surface area contributed by atoms with Crippen LogP contribution in [0.2, 0.25) is 5.02 Å². The largest absolute Gasteiger partial charge is 0.481 e. The molecule has 2 aromatic rings. The van der Waals surface area contributed by atoms with Crippen molar-refractivity contribution in [2.45, 2.75) is 69.7 Å². The van der Waals surface area contributed by atoms with Gasteiger partial charge in [-0.2, -0.15) is 0 Å². The minimum absolute atomic E-state index is 0.00101. The maximum Gasteiger partial charge on any atom is 0.414 e. The second-order valence-corrected chi connectivity index (χ2v) is 10.4. The summed E-state index contributed by atoms with van der Waals surface area (Å²) < 4.78 is 47.6. The van der Waals surface area contributed by atoms with Crippen LogP contribution in [-0.2, 0) is 20.9 Å². The van der Waals surface area contributed by atoms with Gasteiger partial charge in [0.2, 0.25) is 5.91 Å². The van der Waals surface area contributed by atoms with Crippen molar-refractivity contribution in [2.24, 2.45) is 5.92 Å². The number of hydrogen-bond donors (Lipinski definition) is 1. The van der Waals surface area contributed by atoms with Crippen molar-refractivity contribution in [1.29, 1.82) is 0 Å². The maximum absolute atomic E-state index is 14.8. The summed E-state index contributed by atoms with van der Waals surface area (Å²) in [5.41, 5.74) is 0.695. The van der Waals surface area contributed by atoms with Crippen LogP contribution in [0.3, 0.4) is 0 Å². The average molecular weight is 551 g/mol. The number of halogens is 4. The van der Waals surface area contributed by atoms with E-state index in [0.29, 0.717) is 30.2 Å². The molecule has 3 atom stereocenters. The van der Waals surface area contributed by atoms with Gasteiger partial charge in [-0.25, -0.2) is 18.0 Å². The van der Waals surface area contributed by atoms with Crippen molar-refractivity contribution in [3.05, 3.63) is 63.9 Å². The molecule has 38 heavy (non-hydrogen) atoms. The summed E-state index contributed by atoms with van der Waals surface area (Å²) >= 11 is 6.13. The lowest BCUT2D eigenvalue weighted by Crippen LogP contribution is -2.53. The molecule has 1 heterocycles. The molecule has 1 aliphatic heterocycles. The summed E-state index contributed by atoms with van der Waals surface area (Å²) in [7, 11) is 0. The predicted octanol–water partition coefficient (Wildman–Crippen LogP) is 5.98. The summed E-state index contributed by atoms with van der Waals surface area (Å²) in [6.45, 7) is -0.436. The normalized spacial score (nSPS) is 22.0. The van der Waals surface area contributed by atoms with Gasteiger partial charge in [0, 0.05) is 41.6 Å². The number of rotatable bonds is 7. The highest BCUT2D eigenvalue weighted by Crippen LogP contribution is 2.53. The third-order valence-corrected chi connectivity index (χ3v) is 7.85. The molecule has 2 saturated carbocycles. The summed E-state index contributed by atoms with van der Waals surface area (Å²) in [4.78, 5) is 40.9. The highest BCUT2D eigenvalue weighted by atomic mass is 35.5. The number of ether oxygens (including phenoxy) is 1. The van der Waals surface area contributed by atoms with E-state index < -0.39 is 48.2 Å². The molecule has 1 N–H and O–H groups in total. The lowest BCUT2D eigenvalue weighted by Gasteiger charge is -2.47. The fourth-order valence-corrected chi connectivity index (χ4v) is 5.94. The molecule has 0 radical (unpaired) electrons. The Balaban J connectivity index is 1.50. The lowest BCUT2D eigenvalue weighted by molar-refractivity contribution is -0.142. The Morgan fingerprint density at radius 3 is 2.47 bits per heavy atom. The first-order valence-corrected chi connectivity index (χ1v) is 12.9. The summed E-state index contributed by atoms with van der Waals surface area (Å²) in [6, 6.07) is 4.48. The number of aliphatic carboxylic acids is 1. The number of benzene rings is 2. The standard InChI is InChI=1S/C27H26ClF3N2O5/c28-19-12-23-18(11-21(19)31)26(32(16-6-7-16)24(34)8-9-25(35)36)17-2-1-3-22(17)33(23)27(37)38-13-14-4-5-15(29)10-20(14)30/h4-5,10-12,16-17,22,26H,1-3,6-9,13H2,(H,35,36). The van der Waals surface area contributed by atoms with E-state index in [2.05, 4.69) is 0 Å². The summed E-state index contributed by atoms with van der Waals surface area (Å²) in [5, 5.41) is 8.90. The van der Waals surface area contributed by atoms with Crippen LogP contribution < -0.4 is 4.90 Å². The Morgan fingerprint density at radius 1 is 1.03 bits per heavy atom. The van der Waals surface area contributed by atoms with E-state index in [1.54, 1.807) is 4.90 Å². The second kappa shape index (κ2) is 10.5. The van der Waals surface area contributed by atoms with Gasteiger partial charge >= 0.3 is 12.1 Å². The summed E-state index contributed by atoms with van der Waals surface area (Å²) in [5.74, 6) is -3.95. The topological polar surface area (TPSA) is 87.2 Å². The van der Waals surface area contributed by atoms with Crippen LogP contribution in [-0.4, -0.2) is 40.1 Å². The Kier molecular flexibility index (Phi) is 7.26. The van der Waals surface area contributed by atoms with Crippen LogP contribution in [0.5, 0.6) is 0 Å². The van der Waals surface area contributed by atoms with E-state index in [1.807, 2.05) is 0 Å². The molecule has 11 heteroatoms. The van der Waals surface area contributed by atoms with Gasteiger partial charge in [-0.15, -0.1) is 0 Å².